The molecule has 160 valence electrons. The van der Waals surface area contributed by atoms with Gasteiger partial charge in [0.2, 0.25) is 0 Å². The highest BCUT2D eigenvalue weighted by Gasteiger charge is 2.13. The fourth-order valence-electron chi connectivity index (χ4n) is 3.19. The van der Waals surface area contributed by atoms with Crippen molar-refractivity contribution in [1.29, 1.82) is 0 Å². The molecule has 0 unspecified atom stereocenters. The van der Waals surface area contributed by atoms with Gasteiger partial charge in [0.15, 0.2) is 0 Å². The van der Waals surface area contributed by atoms with Crippen molar-refractivity contribution in [1.82, 2.24) is 5.43 Å². The van der Waals surface area contributed by atoms with Crippen LogP contribution in [0.4, 0.5) is 0 Å². The molecule has 0 aliphatic carbocycles. The lowest BCUT2D eigenvalue weighted by atomic mass is 10.1. The topological polar surface area (TPSA) is 59.9 Å². The van der Waals surface area contributed by atoms with Crippen molar-refractivity contribution in [3.05, 3.63) is 106 Å². The first kappa shape index (κ1) is 21.6. The Morgan fingerprint density at radius 3 is 2.34 bits per heavy atom. The highest BCUT2D eigenvalue weighted by atomic mass is 79.9. The van der Waals surface area contributed by atoms with Crippen LogP contribution in [0, 0.1) is 0 Å². The lowest BCUT2D eigenvalue weighted by Gasteiger charge is -2.09. The Kier molecular flexibility index (Phi) is 6.82. The van der Waals surface area contributed by atoms with E-state index in [4.69, 9.17) is 9.47 Å². The van der Waals surface area contributed by atoms with Gasteiger partial charge < -0.3 is 9.47 Å². The van der Waals surface area contributed by atoms with E-state index in [0.717, 1.165) is 32.1 Å². The van der Waals surface area contributed by atoms with Crippen molar-refractivity contribution in [3.63, 3.8) is 0 Å². The summed E-state index contributed by atoms with van der Waals surface area (Å²) < 4.78 is 12.2. The lowest BCUT2D eigenvalue weighted by molar-refractivity contribution is 0.0952. The molecule has 32 heavy (non-hydrogen) atoms. The Labute approximate surface area is 194 Å². The molecular weight excluding hydrogens is 468 g/mol. The average molecular weight is 489 g/mol. The van der Waals surface area contributed by atoms with E-state index < -0.39 is 0 Å². The summed E-state index contributed by atoms with van der Waals surface area (Å²) in [5.41, 5.74) is 4.93. The first-order valence-electron chi connectivity index (χ1n) is 10.00. The fraction of sp³-hybridized carbons (Fsp3) is 0.0769. The number of methoxy groups -OCH3 is 1. The number of carbonyl (C=O) groups is 1. The second kappa shape index (κ2) is 10.1. The smallest absolute Gasteiger partial charge is 0.275 e. The molecule has 0 atom stereocenters. The van der Waals surface area contributed by atoms with E-state index in [0.29, 0.717) is 17.9 Å². The van der Waals surface area contributed by atoms with Crippen molar-refractivity contribution in [2.75, 3.05) is 7.11 Å². The first-order chi connectivity index (χ1) is 15.6. The van der Waals surface area contributed by atoms with E-state index in [1.165, 1.54) is 0 Å². The summed E-state index contributed by atoms with van der Waals surface area (Å²) in [4.78, 5) is 12.6. The molecule has 0 heterocycles. The number of carbonyl (C=O) groups excluding carboxylic acids is 1. The molecule has 0 saturated heterocycles. The summed E-state index contributed by atoms with van der Waals surface area (Å²) in [6.07, 6.45) is 1.59. The second-order valence-corrected chi connectivity index (χ2v) is 8.00. The van der Waals surface area contributed by atoms with Gasteiger partial charge in [0.05, 0.1) is 18.9 Å². The van der Waals surface area contributed by atoms with Crippen molar-refractivity contribution in [2.45, 2.75) is 6.61 Å². The van der Waals surface area contributed by atoms with E-state index in [9.17, 15) is 4.79 Å². The van der Waals surface area contributed by atoms with E-state index in [1.54, 1.807) is 19.4 Å². The van der Waals surface area contributed by atoms with Gasteiger partial charge in [-0.25, -0.2) is 5.43 Å². The molecule has 4 aromatic rings. The summed E-state index contributed by atoms with van der Waals surface area (Å²) in [6, 6.07) is 27.0. The number of fused-ring (bicyclic) bond motifs is 1. The Morgan fingerprint density at radius 1 is 0.969 bits per heavy atom. The highest BCUT2D eigenvalue weighted by molar-refractivity contribution is 9.10. The minimum absolute atomic E-state index is 0.335. The normalized spacial score (nSPS) is 10.9. The van der Waals surface area contributed by atoms with Crippen LogP contribution in [0.15, 0.2) is 94.5 Å². The predicted molar refractivity (Wildman–Crippen MR) is 130 cm³/mol. The number of halogens is 1. The van der Waals surface area contributed by atoms with Gasteiger partial charge >= 0.3 is 0 Å². The maximum atomic E-state index is 12.6. The fourth-order valence-corrected chi connectivity index (χ4v) is 3.45. The number of ether oxygens (including phenoxy) is 2. The van der Waals surface area contributed by atoms with Gasteiger partial charge in [-0.3, -0.25) is 4.79 Å². The van der Waals surface area contributed by atoms with Gasteiger partial charge in [-0.15, -0.1) is 0 Å². The van der Waals surface area contributed by atoms with Crippen LogP contribution in [-0.2, 0) is 6.61 Å². The zero-order valence-corrected chi connectivity index (χ0v) is 19.0. The van der Waals surface area contributed by atoms with Crippen LogP contribution in [0.3, 0.4) is 0 Å². The number of hydrogen-bond donors (Lipinski definition) is 1. The van der Waals surface area contributed by atoms with Crippen LogP contribution in [0.5, 0.6) is 11.5 Å². The third-order valence-electron chi connectivity index (χ3n) is 4.89. The number of hydrogen-bond acceptors (Lipinski definition) is 4. The lowest BCUT2D eigenvalue weighted by Crippen LogP contribution is -2.18. The molecule has 5 nitrogen and oxygen atoms in total. The minimum Gasteiger partial charge on any atom is -0.496 e. The second-order valence-electron chi connectivity index (χ2n) is 7.08. The zero-order chi connectivity index (χ0) is 22.3. The van der Waals surface area contributed by atoms with Crippen LogP contribution < -0.4 is 14.9 Å². The van der Waals surface area contributed by atoms with Crippen LogP contribution in [0.25, 0.3) is 10.8 Å². The monoisotopic (exact) mass is 488 g/mol. The number of amides is 1. The first-order valence-corrected chi connectivity index (χ1v) is 10.8. The van der Waals surface area contributed by atoms with E-state index in [-0.39, 0.29) is 5.91 Å². The molecule has 4 aromatic carbocycles. The van der Waals surface area contributed by atoms with Gasteiger partial charge in [-0.05, 0) is 70.4 Å². The summed E-state index contributed by atoms with van der Waals surface area (Å²) in [7, 11) is 1.55. The van der Waals surface area contributed by atoms with E-state index >= 15 is 0 Å². The maximum Gasteiger partial charge on any atom is 0.275 e. The number of nitrogens with zero attached hydrogens (tertiary/aromatic N) is 1. The maximum absolute atomic E-state index is 12.6. The average Bonchev–Trinajstić information content (AvgIpc) is 2.83. The molecule has 6 heteroatoms. The Balaban J connectivity index is 1.37. The molecule has 0 bridgehead atoms. The standard InChI is InChI=1S/C26H21BrN2O3/c1-31-25-15-21-5-3-2-4-20(21)14-24(25)26(30)29-28-16-18-8-12-23(13-9-18)32-17-19-6-10-22(27)11-7-19/h2-16H,17H2,1H3,(H,29,30)/b28-16-. The summed E-state index contributed by atoms with van der Waals surface area (Å²) in [6.45, 7) is 0.490. The number of hydrazone groups is 1. The van der Waals surface area contributed by atoms with Gasteiger partial charge in [-0.2, -0.15) is 5.10 Å². The van der Waals surface area contributed by atoms with Gasteiger partial charge in [0.1, 0.15) is 18.1 Å². The Hall–Kier alpha value is -3.64. The number of benzene rings is 4. The van der Waals surface area contributed by atoms with Crippen molar-refractivity contribution in [3.8, 4) is 11.5 Å². The van der Waals surface area contributed by atoms with E-state index in [1.807, 2.05) is 78.9 Å². The Morgan fingerprint density at radius 2 is 1.66 bits per heavy atom. The van der Waals surface area contributed by atoms with Crippen molar-refractivity contribution < 1.29 is 14.3 Å². The summed E-state index contributed by atoms with van der Waals surface area (Å²) >= 11 is 3.42. The molecule has 1 N–H and O–H groups in total. The predicted octanol–water partition coefficient (Wildman–Crippen LogP) is 5.95. The van der Waals surface area contributed by atoms with Gasteiger partial charge in [0.25, 0.3) is 5.91 Å². The number of nitrogens with one attached hydrogen (secondary N) is 1. The van der Waals surface area contributed by atoms with Crippen LogP contribution >= 0.6 is 15.9 Å². The van der Waals surface area contributed by atoms with Crippen LogP contribution in [0.2, 0.25) is 0 Å². The van der Waals surface area contributed by atoms with E-state index in [2.05, 4.69) is 26.5 Å². The summed E-state index contributed by atoms with van der Waals surface area (Å²) in [5, 5.41) is 6.05. The molecule has 0 aliphatic heterocycles. The molecule has 0 radical (unpaired) electrons. The molecule has 0 saturated carbocycles. The molecule has 1 amide bonds. The molecule has 0 aromatic heterocycles. The Bertz CT molecular complexity index is 1250. The van der Waals surface area contributed by atoms with Crippen molar-refractivity contribution >= 4 is 38.8 Å². The quantitative estimate of drug-likeness (QED) is 0.258. The highest BCUT2D eigenvalue weighted by Crippen LogP contribution is 2.26. The molecule has 0 aliphatic rings. The molecule has 4 rings (SSSR count). The van der Waals surface area contributed by atoms with Crippen LogP contribution in [0.1, 0.15) is 21.5 Å². The SMILES string of the molecule is COc1cc2ccccc2cc1C(=O)N/N=C\c1ccc(OCc2ccc(Br)cc2)cc1. The number of rotatable bonds is 7. The van der Waals surface area contributed by atoms with Gasteiger partial charge in [0, 0.05) is 4.47 Å². The third-order valence-corrected chi connectivity index (χ3v) is 5.42. The van der Waals surface area contributed by atoms with Crippen molar-refractivity contribution in [2.24, 2.45) is 5.10 Å². The largest absolute Gasteiger partial charge is 0.496 e. The summed E-state index contributed by atoms with van der Waals surface area (Å²) in [5.74, 6) is 0.928. The third kappa shape index (κ3) is 5.34. The zero-order valence-electron chi connectivity index (χ0n) is 17.4. The molecule has 0 fully saturated rings. The molecular formula is C26H21BrN2O3. The molecule has 0 spiro atoms. The van der Waals surface area contributed by atoms with Gasteiger partial charge in [-0.1, -0.05) is 52.3 Å². The van der Waals surface area contributed by atoms with Crippen LogP contribution in [-0.4, -0.2) is 19.2 Å². The minimum atomic E-state index is -0.335.